The zero-order valence-electron chi connectivity index (χ0n) is 7.20. The summed E-state index contributed by atoms with van der Waals surface area (Å²) in [5, 5.41) is 9.18. The average molecular weight is 161 g/mol. The number of esters is 1. The van der Waals surface area contributed by atoms with Gasteiger partial charge in [-0.25, -0.2) is 0 Å². The number of aliphatic hydroxyl groups is 1. The summed E-state index contributed by atoms with van der Waals surface area (Å²) in [6, 6.07) is 0. The molecule has 0 radical (unpaired) electrons. The Balaban J connectivity index is 3.51. The largest absolute Gasteiger partial charge is 0.469 e. The van der Waals surface area contributed by atoms with E-state index < -0.39 is 6.10 Å². The summed E-state index contributed by atoms with van der Waals surface area (Å²) >= 11 is 0. The van der Waals surface area contributed by atoms with Crippen molar-refractivity contribution < 1.29 is 14.6 Å². The summed E-state index contributed by atoms with van der Waals surface area (Å²) in [6.07, 6.45) is -0.563. The van der Waals surface area contributed by atoms with Crippen LogP contribution in [0.2, 0.25) is 0 Å². The normalized spacial score (nSPS) is 13.2. The first-order valence-corrected chi connectivity index (χ1v) is 3.46. The maximum absolute atomic E-state index is 10.6. The van der Waals surface area contributed by atoms with Crippen LogP contribution in [0.25, 0.3) is 0 Å². The van der Waals surface area contributed by atoms with Crippen molar-refractivity contribution in [1.29, 1.82) is 0 Å². The predicted octanol–water partition coefficient (Wildman–Crippen LogP) is -0.528. The van der Waals surface area contributed by atoms with E-state index in [4.69, 9.17) is 0 Å². The first-order valence-electron chi connectivity index (χ1n) is 3.46. The summed E-state index contributed by atoms with van der Waals surface area (Å²) in [7, 11) is 4.98. The van der Waals surface area contributed by atoms with Gasteiger partial charge in [0.1, 0.15) is 0 Å². The lowest BCUT2D eigenvalue weighted by Crippen LogP contribution is -2.28. The number of carbonyl (C=O) groups is 1. The summed E-state index contributed by atoms with van der Waals surface area (Å²) in [5.41, 5.74) is 0. The predicted molar refractivity (Wildman–Crippen MR) is 41.2 cm³/mol. The number of ether oxygens (including phenoxy) is 1. The number of hydrogen-bond acceptors (Lipinski definition) is 4. The topological polar surface area (TPSA) is 49.8 Å². The van der Waals surface area contributed by atoms with E-state index in [1.807, 2.05) is 19.0 Å². The van der Waals surface area contributed by atoms with Crippen LogP contribution < -0.4 is 0 Å². The molecule has 0 saturated carbocycles. The molecule has 0 heterocycles. The second kappa shape index (κ2) is 5.09. The number of methoxy groups -OCH3 is 1. The Morgan fingerprint density at radius 3 is 2.55 bits per heavy atom. The SMILES string of the molecule is COC(=O)CC(O)CN(C)C. The Labute approximate surface area is 66.8 Å². The number of likely N-dealkylation sites (N-methyl/N-ethyl adjacent to an activating group) is 1. The fraction of sp³-hybridized carbons (Fsp3) is 0.857. The Morgan fingerprint density at radius 2 is 2.18 bits per heavy atom. The van der Waals surface area contributed by atoms with Crippen molar-refractivity contribution in [2.75, 3.05) is 27.7 Å². The minimum Gasteiger partial charge on any atom is -0.469 e. The Kier molecular flexibility index (Phi) is 4.81. The molecule has 0 saturated heterocycles. The summed E-state index contributed by atoms with van der Waals surface area (Å²) in [5.74, 6) is -0.376. The first-order chi connectivity index (χ1) is 5.06. The molecule has 4 nitrogen and oxygen atoms in total. The first kappa shape index (κ1) is 10.4. The molecule has 0 aliphatic heterocycles. The molecule has 1 atom stereocenters. The number of aliphatic hydroxyl groups excluding tert-OH is 1. The van der Waals surface area contributed by atoms with Crippen LogP contribution in [0.3, 0.4) is 0 Å². The van der Waals surface area contributed by atoms with Gasteiger partial charge in [-0.05, 0) is 14.1 Å². The molecule has 0 bridgehead atoms. The van der Waals surface area contributed by atoms with Crippen molar-refractivity contribution in [2.24, 2.45) is 0 Å². The molecular formula is C7H15NO3. The van der Waals surface area contributed by atoms with Crippen LogP contribution in [-0.2, 0) is 9.53 Å². The molecular weight excluding hydrogens is 146 g/mol. The molecule has 1 unspecified atom stereocenters. The monoisotopic (exact) mass is 161 g/mol. The molecule has 0 aromatic rings. The average Bonchev–Trinajstić information content (AvgIpc) is 1.85. The Hall–Kier alpha value is -0.610. The van der Waals surface area contributed by atoms with Crippen molar-refractivity contribution in [1.82, 2.24) is 4.90 Å². The molecule has 0 aromatic carbocycles. The van der Waals surface area contributed by atoms with E-state index in [-0.39, 0.29) is 12.4 Å². The highest BCUT2D eigenvalue weighted by atomic mass is 16.5. The van der Waals surface area contributed by atoms with Gasteiger partial charge in [-0.2, -0.15) is 0 Å². The highest BCUT2D eigenvalue weighted by Gasteiger charge is 2.10. The van der Waals surface area contributed by atoms with Crippen LogP contribution >= 0.6 is 0 Å². The van der Waals surface area contributed by atoms with E-state index in [1.54, 1.807) is 0 Å². The van der Waals surface area contributed by atoms with Gasteiger partial charge < -0.3 is 14.7 Å². The van der Waals surface area contributed by atoms with E-state index in [0.29, 0.717) is 6.54 Å². The van der Waals surface area contributed by atoms with Crippen molar-refractivity contribution in [2.45, 2.75) is 12.5 Å². The van der Waals surface area contributed by atoms with Crippen molar-refractivity contribution in [3.8, 4) is 0 Å². The van der Waals surface area contributed by atoms with E-state index in [0.717, 1.165) is 0 Å². The molecule has 11 heavy (non-hydrogen) atoms. The molecule has 0 fully saturated rings. The van der Waals surface area contributed by atoms with E-state index in [2.05, 4.69) is 4.74 Å². The maximum Gasteiger partial charge on any atom is 0.308 e. The van der Waals surface area contributed by atoms with Gasteiger partial charge in [0.25, 0.3) is 0 Å². The van der Waals surface area contributed by atoms with E-state index in [9.17, 15) is 9.90 Å². The fourth-order valence-corrected chi connectivity index (χ4v) is 0.762. The van der Waals surface area contributed by atoms with Crippen LogP contribution in [0.4, 0.5) is 0 Å². The van der Waals surface area contributed by atoms with Crippen LogP contribution in [0, 0.1) is 0 Å². The van der Waals surface area contributed by atoms with Gasteiger partial charge in [0, 0.05) is 6.54 Å². The standard InChI is InChI=1S/C7H15NO3/c1-8(2)5-6(9)4-7(10)11-3/h6,9H,4-5H2,1-3H3. The molecule has 0 amide bonds. The quantitative estimate of drug-likeness (QED) is 0.563. The zero-order chi connectivity index (χ0) is 8.85. The van der Waals surface area contributed by atoms with Crippen LogP contribution in [-0.4, -0.2) is 49.8 Å². The Morgan fingerprint density at radius 1 is 1.64 bits per heavy atom. The van der Waals surface area contributed by atoms with Crippen molar-refractivity contribution in [3.63, 3.8) is 0 Å². The lowest BCUT2D eigenvalue weighted by atomic mass is 10.2. The summed E-state index contributed by atoms with van der Waals surface area (Å²) in [4.78, 5) is 12.4. The van der Waals surface area contributed by atoms with Gasteiger partial charge in [0.2, 0.25) is 0 Å². The van der Waals surface area contributed by atoms with E-state index in [1.165, 1.54) is 7.11 Å². The molecule has 1 N–H and O–H groups in total. The van der Waals surface area contributed by atoms with Gasteiger partial charge in [-0.1, -0.05) is 0 Å². The lowest BCUT2D eigenvalue weighted by Gasteiger charge is -2.14. The highest BCUT2D eigenvalue weighted by Crippen LogP contribution is 1.94. The number of nitrogens with zero attached hydrogens (tertiary/aromatic N) is 1. The van der Waals surface area contributed by atoms with Gasteiger partial charge in [-0.15, -0.1) is 0 Å². The fourth-order valence-electron chi connectivity index (χ4n) is 0.762. The molecule has 0 spiro atoms. The van der Waals surface area contributed by atoms with Crippen LogP contribution in [0.15, 0.2) is 0 Å². The number of hydrogen-bond donors (Lipinski definition) is 1. The highest BCUT2D eigenvalue weighted by molar-refractivity contribution is 5.69. The molecule has 0 aliphatic rings. The molecule has 4 heteroatoms. The van der Waals surface area contributed by atoms with Crippen LogP contribution in [0.1, 0.15) is 6.42 Å². The second-order valence-electron chi connectivity index (χ2n) is 2.70. The van der Waals surface area contributed by atoms with Gasteiger partial charge >= 0.3 is 5.97 Å². The van der Waals surface area contributed by atoms with Crippen molar-refractivity contribution in [3.05, 3.63) is 0 Å². The van der Waals surface area contributed by atoms with Crippen molar-refractivity contribution >= 4 is 5.97 Å². The molecule has 0 aliphatic carbocycles. The second-order valence-corrected chi connectivity index (χ2v) is 2.70. The smallest absolute Gasteiger partial charge is 0.308 e. The third-order valence-corrected chi connectivity index (χ3v) is 1.21. The third-order valence-electron chi connectivity index (χ3n) is 1.21. The molecule has 0 rings (SSSR count). The maximum atomic E-state index is 10.6. The van der Waals surface area contributed by atoms with Gasteiger partial charge in [-0.3, -0.25) is 4.79 Å². The Bertz CT molecular complexity index is 125. The van der Waals surface area contributed by atoms with Gasteiger partial charge in [0.05, 0.1) is 19.6 Å². The molecule has 0 aromatic heterocycles. The minimum atomic E-state index is -0.627. The minimum absolute atomic E-state index is 0.0642. The lowest BCUT2D eigenvalue weighted by molar-refractivity contribution is -0.142. The summed E-state index contributed by atoms with van der Waals surface area (Å²) < 4.78 is 4.38. The number of carbonyl (C=O) groups excluding carboxylic acids is 1. The number of rotatable bonds is 4. The van der Waals surface area contributed by atoms with Crippen LogP contribution in [0.5, 0.6) is 0 Å². The summed E-state index contributed by atoms with van der Waals surface area (Å²) in [6.45, 7) is 0.481. The van der Waals surface area contributed by atoms with E-state index >= 15 is 0 Å². The third kappa shape index (κ3) is 5.82. The molecule has 66 valence electrons. The zero-order valence-corrected chi connectivity index (χ0v) is 7.20. The van der Waals surface area contributed by atoms with Gasteiger partial charge in [0.15, 0.2) is 0 Å².